The summed E-state index contributed by atoms with van der Waals surface area (Å²) in [5.74, 6) is -1.16. The van der Waals surface area contributed by atoms with Gasteiger partial charge in [0.05, 0.1) is 18.7 Å². The number of hydrogen-bond acceptors (Lipinski definition) is 4. The lowest BCUT2D eigenvalue weighted by Crippen LogP contribution is -2.21. The van der Waals surface area contributed by atoms with Gasteiger partial charge < -0.3 is 15.3 Å². The number of carboxylic acids is 1. The first kappa shape index (κ1) is 9.69. The second-order valence-electron chi connectivity index (χ2n) is 2.64. The van der Waals surface area contributed by atoms with Gasteiger partial charge in [-0.2, -0.15) is 5.10 Å². The largest absolute Gasteiger partial charge is 0.481 e. The van der Waals surface area contributed by atoms with Crippen molar-refractivity contribution in [2.45, 2.75) is 18.6 Å². The standard InChI is InChI=1S/C7H10N2O4/c10-5(1-6(11)12)7(13)4-2-8-9-3-4/h2-3,5,7,10,13H,1H2,(H,8,9)(H,11,12). The topological polar surface area (TPSA) is 106 Å². The summed E-state index contributed by atoms with van der Waals surface area (Å²) in [6.07, 6.45) is -0.289. The highest BCUT2D eigenvalue weighted by Crippen LogP contribution is 2.16. The smallest absolute Gasteiger partial charge is 0.306 e. The second kappa shape index (κ2) is 4.01. The Labute approximate surface area is 73.8 Å². The number of hydrogen-bond donors (Lipinski definition) is 4. The van der Waals surface area contributed by atoms with Crippen LogP contribution in [0.15, 0.2) is 12.4 Å². The van der Waals surface area contributed by atoms with Crippen molar-refractivity contribution in [3.05, 3.63) is 18.0 Å². The number of nitrogens with one attached hydrogen (secondary N) is 1. The fourth-order valence-corrected chi connectivity index (χ4v) is 0.935. The Hall–Kier alpha value is -1.40. The van der Waals surface area contributed by atoms with Crippen molar-refractivity contribution in [2.75, 3.05) is 0 Å². The summed E-state index contributed by atoms with van der Waals surface area (Å²) in [5, 5.41) is 32.9. The number of aliphatic hydroxyl groups excluding tert-OH is 2. The van der Waals surface area contributed by atoms with E-state index in [0.29, 0.717) is 5.56 Å². The molecule has 72 valence electrons. The minimum absolute atomic E-state index is 0.369. The highest BCUT2D eigenvalue weighted by atomic mass is 16.4. The van der Waals surface area contributed by atoms with Crippen LogP contribution in [0, 0.1) is 0 Å². The number of carbonyl (C=O) groups is 1. The van der Waals surface area contributed by atoms with Gasteiger partial charge in [-0.1, -0.05) is 0 Å². The number of aromatic nitrogens is 2. The minimum Gasteiger partial charge on any atom is -0.481 e. The summed E-state index contributed by atoms with van der Waals surface area (Å²) < 4.78 is 0. The van der Waals surface area contributed by atoms with Crippen molar-refractivity contribution in [3.8, 4) is 0 Å². The number of nitrogens with zero attached hydrogens (tertiary/aromatic N) is 1. The van der Waals surface area contributed by atoms with Gasteiger partial charge in [0.1, 0.15) is 6.10 Å². The number of rotatable bonds is 4. The summed E-state index contributed by atoms with van der Waals surface area (Å²) >= 11 is 0. The molecular formula is C7H10N2O4. The number of aliphatic carboxylic acids is 1. The molecule has 6 heteroatoms. The molecule has 4 N–H and O–H groups in total. The molecule has 2 unspecified atom stereocenters. The van der Waals surface area contributed by atoms with E-state index < -0.39 is 24.6 Å². The van der Waals surface area contributed by atoms with E-state index in [0.717, 1.165) is 0 Å². The average Bonchev–Trinajstić information content (AvgIpc) is 2.53. The Balaban J connectivity index is 2.57. The molecule has 0 spiro atoms. The number of H-pyrrole nitrogens is 1. The first-order valence-electron chi connectivity index (χ1n) is 3.68. The molecule has 0 bridgehead atoms. The quantitative estimate of drug-likeness (QED) is 0.496. The number of carboxylic acid groups (broad SMARTS) is 1. The summed E-state index contributed by atoms with van der Waals surface area (Å²) in [7, 11) is 0. The van der Waals surface area contributed by atoms with Gasteiger partial charge >= 0.3 is 5.97 Å². The monoisotopic (exact) mass is 186 g/mol. The van der Waals surface area contributed by atoms with E-state index in [4.69, 9.17) is 5.11 Å². The molecule has 1 heterocycles. The molecule has 0 fully saturated rings. The fraction of sp³-hybridized carbons (Fsp3) is 0.429. The minimum atomic E-state index is -1.31. The molecule has 0 aromatic carbocycles. The Morgan fingerprint density at radius 1 is 1.62 bits per heavy atom. The predicted molar refractivity (Wildman–Crippen MR) is 41.8 cm³/mol. The van der Waals surface area contributed by atoms with Crippen LogP contribution >= 0.6 is 0 Å². The summed E-state index contributed by atoms with van der Waals surface area (Å²) in [5.41, 5.74) is 0.369. The van der Waals surface area contributed by atoms with Crippen molar-refractivity contribution in [1.29, 1.82) is 0 Å². The molecule has 6 nitrogen and oxygen atoms in total. The molecule has 1 aromatic heterocycles. The van der Waals surface area contributed by atoms with Crippen LogP contribution < -0.4 is 0 Å². The van der Waals surface area contributed by atoms with Gasteiger partial charge in [0.15, 0.2) is 0 Å². The summed E-state index contributed by atoms with van der Waals surface area (Å²) in [4.78, 5) is 10.2. The highest BCUT2D eigenvalue weighted by Gasteiger charge is 2.21. The molecule has 1 rings (SSSR count). The van der Waals surface area contributed by atoms with E-state index in [1.165, 1.54) is 12.4 Å². The Morgan fingerprint density at radius 2 is 2.31 bits per heavy atom. The fourth-order valence-electron chi connectivity index (χ4n) is 0.935. The lowest BCUT2D eigenvalue weighted by Gasteiger charge is -2.13. The van der Waals surface area contributed by atoms with Crippen molar-refractivity contribution in [3.63, 3.8) is 0 Å². The zero-order chi connectivity index (χ0) is 9.84. The molecule has 0 amide bonds. The van der Waals surface area contributed by atoms with E-state index in [9.17, 15) is 15.0 Å². The normalized spacial score (nSPS) is 15.2. The average molecular weight is 186 g/mol. The van der Waals surface area contributed by atoms with Crippen LogP contribution in [0.3, 0.4) is 0 Å². The van der Waals surface area contributed by atoms with E-state index >= 15 is 0 Å². The maximum Gasteiger partial charge on any atom is 0.306 e. The number of aromatic amines is 1. The molecule has 0 aliphatic heterocycles. The molecule has 2 atom stereocenters. The van der Waals surface area contributed by atoms with E-state index in [2.05, 4.69) is 10.2 Å². The maximum absolute atomic E-state index is 10.2. The zero-order valence-corrected chi connectivity index (χ0v) is 6.71. The highest BCUT2D eigenvalue weighted by molar-refractivity contribution is 5.67. The van der Waals surface area contributed by atoms with Crippen LogP contribution in [0.2, 0.25) is 0 Å². The van der Waals surface area contributed by atoms with Gasteiger partial charge in [0.2, 0.25) is 0 Å². The van der Waals surface area contributed by atoms with Crippen LogP contribution in [-0.4, -0.2) is 37.6 Å². The van der Waals surface area contributed by atoms with E-state index in [1.807, 2.05) is 0 Å². The van der Waals surface area contributed by atoms with Gasteiger partial charge in [-0.15, -0.1) is 0 Å². The van der Waals surface area contributed by atoms with Gasteiger partial charge in [0.25, 0.3) is 0 Å². The third-order valence-electron chi connectivity index (χ3n) is 1.61. The lowest BCUT2D eigenvalue weighted by molar-refractivity contribution is -0.141. The van der Waals surface area contributed by atoms with Gasteiger partial charge in [-0.25, -0.2) is 0 Å². The third kappa shape index (κ3) is 2.53. The first-order valence-corrected chi connectivity index (χ1v) is 3.68. The van der Waals surface area contributed by atoms with E-state index in [-0.39, 0.29) is 0 Å². The molecule has 1 aromatic rings. The van der Waals surface area contributed by atoms with Gasteiger partial charge in [0, 0.05) is 11.8 Å². The molecule has 0 saturated carbocycles. The Morgan fingerprint density at radius 3 is 2.77 bits per heavy atom. The van der Waals surface area contributed by atoms with Crippen LogP contribution in [0.5, 0.6) is 0 Å². The summed E-state index contributed by atoms with van der Waals surface area (Å²) in [6.45, 7) is 0. The predicted octanol–water partition coefficient (Wildman–Crippen LogP) is -0.721. The van der Waals surface area contributed by atoms with Gasteiger partial charge in [-0.3, -0.25) is 9.89 Å². The Kier molecular flexibility index (Phi) is 2.99. The van der Waals surface area contributed by atoms with Crippen molar-refractivity contribution >= 4 is 5.97 Å². The lowest BCUT2D eigenvalue weighted by atomic mass is 10.1. The van der Waals surface area contributed by atoms with Crippen LogP contribution in [0.25, 0.3) is 0 Å². The van der Waals surface area contributed by atoms with Crippen LogP contribution in [0.4, 0.5) is 0 Å². The number of aliphatic hydroxyl groups is 2. The molecular weight excluding hydrogens is 176 g/mol. The second-order valence-corrected chi connectivity index (χ2v) is 2.64. The van der Waals surface area contributed by atoms with Crippen molar-refractivity contribution in [1.82, 2.24) is 10.2 Å². The Bertz CT molecular complexity index is 272. The molecule has 0 aliphatic carbocycles. The van der Waals surface area contributed by atoms with Crippen molar-refractivity contribution < 1.29 is 20.1 Å². The van der Waals surface area contributed by atoms with Crippen molar-refractivity contribution in [2.24, 2.45) is 0 Å². The molecule has 0 aliphatic rings. The van der Waals surface area contributed by atoms with E-state index in [1.54, 1.807) is 0 Å². The third-order valence-corrected chi connectivity index (χ3v) is 1.61. The molecule has 0 radical (unpaired) electrons. The van der Waals surface area contributed by atoms with Crippen LogP contribution in [-0.2, 0) is 4.79 Å². The maximum atomic E-state index is 10.2. The van der Waals surface area contributed by atoms with Gasteiger partial charge in [-0.05, 0) is 0 Å². The SMILES string of the molecule is O=C(O)CC(O)C(O)c1cn[nH]c1. The molecule has 13 heavy (non-hydrogen) atoms. The summed E-state index contributed by atoms with van der Waals surface area (Å²) in [6, 6.07) is 0. The first-order chi connectivity index (χ1) is 6.11. The van der Waals surface area contributed by atoms with Crippen LogP contribution in [0.1, 0.15) is 18.1 Å². The molecule has 0 saturated heterocycles. The zero-order valence-electron chi connectivity index (χ0n) is 6.71.